The lowest BCUT2D eigenvalue weighted by Gasteiger charge is -2.29. The van der Waals surface area contributed by atoms with Gasteiger partial charge in [-0.1, -0.05) is 0 Å². The fraction of sp³-hybridized carbons (Fsp3) is 0.429. The average molecular weight is 297 g/mol. The number of aromatic hydroxyl groups is 2. The topological polar surface area (TPSA) is 116 Å². The molecule has 1 aromatic rings. The van der Waals surface area contributed by atoms with E-state index in [0.29, 0.717) is 0 Å². The van der Waals surface area contributed by atoms with Crippen LogP contribution < -0.4 is 5.32 Å². The van der Waals surface area contributed by atoms with E-state index in [1.165, 1.54) is 6.92 Å². The van der Waals surface area contributed by atoms with Crippen LogP contribution in [0.1, 0.15) is 33.3 Å². The van der Waals surface area contributed by atoms with Gasteiger partial charge in [0.2, 0.25) is 0 Å². The summed E-state index contributed by atoms with van der Waals surface area (Å²) < 4.78 is 5.03. The summed E-state index contributed by atoms with van der Waals surface area (Å²) in [4.78, 5) is 23.3. The molecular formula is C14H19NO6. The van der Waals surface area contributed by atoms with Crippen molar-refractivity contribution in [3.63, 3.8) is 0 Å². The Bertz CT molecular complexity index is 543. The van der Waals surface area contributed by atoms with Gasteiger partial charge in [-0.25, -0.2) is 9.59 Å². The number of carbonyl (C=O) groups is 2. The number of rotatable bonds is 3. The maximum Gasteiger partial charge on any atom is 0.408 e. The van der Waals surface area contributed by atoms with E-state index in [2.05, 4.69) is 5.32 Å². The maximum atomic E-state index is 11.8. The number of aliphatic carboxylic acids is 1. The summed E-state index contributed by atoms with van der Waals surface area (Å²) in [6, 6.07) is 3.34. The quantitative estimate of drug-likeness (QED) is 0.677. The Labute approximate surface area is 122 Å². The molecule has 1 rings (SSSR count). The van der Waals surface area contributed by atoms with Crippen LogP contribution in [0.4, 0.5) is 4.79 Å². The van der Waals surface area contributed by atoms with Crippen LogP contribution in [0.25, 0.3) is 0 Å². The third-order valence-corrected chi connectivity index (χ3v) is 2.66. The van der Waals surface area contributed by atoms with E-state index in [1.54, 1.807) is 20.8 Å². The smallest absolute Gasteiger partial charge is 0.408 e. The number of amides is 1. The molecule has 7 nitrogen and oxygen atoms in total. The van der Waals surface area contributed by atoms with E-state index in [4.69, 9.17) is 4.74 Å². The predicted molar refractivity (Wildman–Crippen MR) is 74.1 cm³/mol. The zero-order valence-corrected chi connectivity index (χ0v) is 12.3. The number of alkyl carbamates (subject to hydrolysis) is 1. The molecule has 7 heteroatoms. The molecule has 0 saturated carbocycles. The largest absolute Gasteiger partial charge is 0.508 e. The molecule has 1 atom stereocenters. The molecule has 1 aromatic carbocycles. The standard InChI is InChI=1S/C14H19NO6/c1-13(2,3)21-12(20)15-14(4,11(18)19)8-5-9(16)7-10(17)6-8/h5-7,16-17H,1-4H3,(H,15,20)(H,18,19). The van der Waals surface area contributed by atoms with Gasteiger partial charge >= 0.3 is 12.1 Å². The molecular weight excluding hydrogens is 278 g/mol. The number of benzene rings is 1. The third-order valence-electron chi connectivity index (χ3n) is 2.66. The number of hydrogen-bond acceptors (Lipinski definition) is 5. The van der Waals surface area contributed by atoms with E-state index in [0.717, 1.165) is 18.2 Å². The fourth-order valence-electron chi connectivity index (χ4n) is 1.64. The molecule has 0 radical (unpaired) electrons. The van der Waals surface area contributed by atoms with Gasteiger partial charge in [-0.2, -0.15) is 0 Å². The van der Waals surface area contributed by atoms with Gasteiger partial charge in [0.05, 0.1) is 0 Å². The minimum absolute atomic E-state index is 0.0124. The van der Waals surface area contributed by atoms with Crippen LogP contribution in [0.5, 0.6) is 11.5 Å². The van der Waals surface area contributed by atoms with Crippen LogP contribution in [-0.2, 0) is 15.1 Å². The SMILES string of the molecule is CC(C)(C)OC(=O)NC(C)(C(=O)O)c1cc(O)cc(O)c1. The Morgan fingerprint density at radius 1 is 1.05 bits per heavy atom. The summed E-state index contributed by atoms with van der Waals surface area (Å²) in [7, 11) is 0. The number of hydrogen-bond donors (Lipinski definition) is 4. The zero-order chi connectivity index (χ0) is 16.4. The van der Waals surface area contributed by atoms with E-state index >= 15 is 0 Å². The van der Waals surface area contributed by atoms with Gasteiger partial charge in [0.1, 0.15) is 17.1 Å². The lowest BCUT2D eigenvalue weighted by Crippen LogP contribution is -2.51. The molecule has 0 heterocycles. The van der Waals surface area contributed by atoms with Gasteiger partial charge in [-0.3, -0.25) is 0 Å². The number of phenols is 2. The van der Waals surface area contributed by atoms with Crippen LogP contribution in [0.3, 0.4) is 0 Å². The van der Waals surface area contributed by atoms with Crippen molar-refractivity contribution >= 4 is 12.1 Å². The highest BCUT2D eigenvalue weighted by atomic mass is 16.6. The van der Waals surface area contributed by atoms with Crippen molar-refractivity contribution in [2.45, 2.75) is 38.8 Å². The first-order chi connectivity index (χ1) is 9.44. The molecule has 4 N–H and O–H groups in total. The molecule has 0 aliphatic carbocycles. The Hall–Kier alpha value is -2.44. The average Bonchev–Trinajstić information content (AvgIpc) is 2.24. The summed E-state index contributed by atoms with van der Waals surface area (Å²) >= 11 is 0. The summed E-state index contributed by atoms with van der Waals surface area (Å²) in [5, 5.41) is 30.5. The second-order valence-corrected chi connectivity index (χ2v) is 5.80. The van der Waals surface area contributed by atoms with Crippen molar-refractivity contribution in [1.82, 2.24) is 5.32 Å². The van der Waals surface area contributed by atoms with Crippen molar-refractivity contribution in [3.8, 4) is 11.5 Å². The molecule has 0 bridgehead atoms. The van der Waals surface area contributed by atoms with Crippen molar-refractivity contribution in [2.75, 3.05) is 0 Å². The van der Waals surface area contributed by atoms with Crippen molar-refractivity contribution in [3.05, 3.63) is 23.8 Å². The molecule has 0 spiro atoms. The van der Waals surface area contributed by atoms with Gasteiger partial charge in [0.25, 0.3) is 0 Å². The Morgan fingerprint density at radius 3 is 1.90 bits per heavy atom. The van der Waals surface area contributed by atoms with Crippen molar-refractivity contribution in [1.29, 1.82) is 0 Å². The first-order valence-corrected chi connectivity index (χ1v) is 6.22. The molecule has 0 aliphatic heterocycles. The second-order valence-electron chi connectivity index (χ2n) is 5.80. The van der Waals surface area contributed by atoms with Gasteiger partial charge in [0.15, 0.2) is 5.54 Å². The minimum Gasteiger partial charge on any atom is -0.508 e. The highest BCUT2D eigenvalue weighted by Gasteiger charge is 2.39. The molecule has 1 amide bonds. The molecule has 0 saturated heterocycles. The van der Waals surface area contributed by atoms with Crippen LogP contribution in [0, 0.1) is 0 Å². The highest BCUT2D eigenvalue weighted by molar-refractivity contribution is 5.85. The van der Waals surface area contributed by atoms with E-state index < -0.39 is 23.2 Å². The first-order valence-electron chi connectivity index (χ1n) is 6.22. The molecule has 0 aromatic heterocycles. The van der Waals surface area contributed by atoms with Gasteiger partial charge in [0, 0.05) is 6.07 Å². The number of ether oxygens (including phenoxy) is 1. The predicted octanol–water partition coefficient (Wildman–Crippen LogP) is 1.92. The zero-order valence-electron chi connectivity index (χ0n) is 12.3. The lowest BCUT2D eigenvalue weighted by molar-refractivity contribution is -0.144. The second kappa shape index (κ2) is 5.51. The Morgan fingerprint density at radius 2 is 1.52 bits per heavy atom. The van der Waals surface area contributed by atoms with Gasteiger partial charge < -0.3 is 25.4 Å². The number of nitrogens with one attached hydrogen (secondary N) is 1. The fourth-order valence-corrected chi connectivity index (χ4v) is 1.64. The monoisotopic (exact) mass is 297 g/mol. The van der Waals surface area contributed by atoms with Crippen LogP contribution in [-0.4, -0.2) is 33.0 Å². The van der Waals surface area contributed by atoms with E-state index in [1.807, 2.05) is 0 Å². The Balaban J connectivity index is 3.14. The summed E-state index contributed by atoms with van der Waals surface area (Å²) in [6.45, 7) is 6.16. The number of carboxylic acid groups (broad SMARTS) is 1. The van der Waals surface area contributed by atoms with Gasteiger partial charge in [-0.05, 0) is 45.4 Å². The van der Waals surface area contributed by atoms with Crippen LogP contribution in [0.2, 0.25) is 0 Å². The van der Waals surface area contributed by atoms with E-state index in [9.17, 15) is 24.9 Å². The van der Waals surface area contributed by atoms with Crippen LogP contribution >= 0.6 is 0 Å². The highest BCUT2D eigenvalue weighted by Crippen LogP contribution is 2.29. The number of phenolic OH excluding ortho intramolecular Hbond substituents is 2. The summed E-state index contributed by atoms with van der Waals surface area (Å²) in [5.74, 6) is -2.00. The van der Waals surface area contributed by atoms with E-state index in [-0.39, 0.29) is 17.1 Å². The number of carbonyl (C=O) groups excluding carboxylic acids is 1. The molecule has 0 fully saturated rings. The Kier molecular flexibility index (Phi) is 4.36. The molecule has 21 heavy (non-hydrogen) atoms. The molecule has 1 unspecified atom stereocenters. The van der Waals surface area contributed by atoms with Crippen LogP contribution in [0.15, 0.2) is 18.2 Å². The number of carboxylic acids is 1. The lowest BCUT2D eigenvalue weighted by atomic mass is 9.92. The molecule has 0 aliphatic rings. The first kappa shape index (κ1) is 16.6. The molecule has 116 valence electrons. The minimum atomic E-state index is -1.86. The normalized spacial score (nSPS) is 14.1. The summed E-state index contributed by atoms with van der Waals surface area (Å²) in [5.41, 5.74) is -2.64. The third kappa shape index (κ3) is 4.27. The summed E-state index contributed by atoms with van der Waals surface area (Å²) in [6.07, 6.45) is -0.921. The van der Waals surface area contributed by atoms with Gasteiger partial charge in [-0.15, -0.1) is 0 Å². The van der Waals surface area contributed by atoms with Crippen molar-refractivity contribution in [2.24, 2.45) is 0 Å². The van der Waals surface area contributed by atoms with Crippen molar-refractivity contribution < 1.29 is 29.6 Å². The maximum absolute atomic E-state index is 11.8.